The SMILES string of the molecule is COc1ccc(F)c(C(O)C(O)CNC(=O)OCc2ccccc2)c1F. The van der Waals surface area contributed by atoms with Crippen LogP contribution in [0.3, 0.4) is 0 Å². The van der Waals surface area contributed by atoms with Crippen molar-refractivity contribution >= 4 is 6.09 Å². The van der Waals surface area contributed by atoms with E-state index < -0.39 is 42.0 Å². The Kier molecular flexibility index (Phi) is 6.88. The van der Waals surface area contributed by atoms with Crippen LogP contribution in [0.15, 0.2) is 42.5 Å². The minimum absolute atomic E-state index is 0.0183. The van der Waals surface area contributed by atoms with Gasteiger partial charge < -0.3 is 25.0 Å². The average molecular weight is 367 g/mol. The fourth-order valence-corrected chi connectivity index (χ4v) is 2.24. The molecule has 2 unspecified atom stereocenters. The smallest absolute Gasteiger partial charge is 0.407 e. The fraction of sp³-hybridized carbons (Fsp3) is 0.278. The van der Waals surface area contributed by atoms with Crippen LogP contribution in [0.25, 0.3) is 0 Å². The van der Waals surface area contributed by atoms with Crippen LogP contribution in [0.4, 0.5) is 13.6 Å². The van der Waals surface area contributed by atoms with Crippen molar-refractivity contribution in [3.63, 3.8) is 0 Å². The maximum absolute atomic E-state index is 14.1. The molecule has 140 valence electrons. The Morgan fingerprint density at radius 3 is 2.50 bits per heavy atom. The van der Waals surface area contributed by atoms with Gasteiger partial charge in [-0.1, -0.05) is 30.3 Å². The Hall–Kier alpha value is -2.71. The standard InChI is InChI=1S/C18H19F2NO5/c1-25-14-8-7-12(19)15(16(14)20)17(23)13(22)9-21-18(24)26-10-11-5-3-2-4-6-11/h2-8,13,17,22-23H,9-10H2,1H3,(H,21,24). The highest BCUT2D eigenvalue weighted by Crippen LogP contribution is 2.29. The van der Waals surface area contributed by atoms with E-state index in [0.717, 1.165) is 17.7 Å². The number of aliphatic hydroxyl groups excluding tert-OH is 2. The van der Waals surface area contributed by atoms with Crippen molar-refractivity contribution < 1.29 is 33.3 Å². The molecule has 0 radical (unpaired) electrons. The molecule has 2 rings (SSSR count). The summed E-state index contributed by atoms with van der Waals surface area (Å²) in [6, 6.07) is 10.9. The lowest BCUT2D eigenvalue weighted by Gasteiger charge is -2.20. The second kappa shape index (κ2) is 9.12. The number of methoxy groups -OCH3 is 1. The van der Waals surface area contributed by atoms with E-state index in [-0.39, 0.29) is 12.4 Å². The number of hydrogen-bond donors (Lipinski definition) is 3. The molecule has 0 fully saturated rings. The van der Waals surface area contributed by atoms with Crippen molar-refractivity contribution in [1.82, 2.24) is 5.32 Å². The van der Waals surface area contributed by atoms with E-state index in [9.17, 15) is 23.8 Å². The first kappa shape index (κ1) is 19.6. The summed E-state index contributed by atoms with van der Waals surface area (Å²) >= 11 is 0. The van der Waals surface area contributed by atoms with Gasteiger partial charge in [0.05, 0.1) is 12.7 Å². The second-order valence-electron chi connectivity index (χ2n) is 5.43. The first-order valence-electron chi connectivity index (χ1n) is 7.76. The van der Waals surface area contributed by atoms with Gasteiger partial charge in [0.25, 0.3) is 0 Å². The highest BCUT2D eigenvalue weighted by molar-refractivity contribution is 5.67. The monoisotopic (exact) mass is 367 g/mol. The van der Waals surface area contributed by atoms with Crippen molar-refractivity contribution in [2.24, 2.45) is 0 Å². The Morgan fingerprint density at radius 2 is 1.85 bits per heavy atom. The Balaban J connectivity index is 1.91. The number of carbonyl (C=O) groups is 1. The average Bonchev–Trinajstić information content (AvgIpc) is 2.65. The van der Waals surface area contributed by atoms with Crippen molar-refractivity contribution in [3.8, 4) is 5.75 Å². The number of hydrogen-bond acceptors (Lipinski definition) is 5. The molecule has 0 aliphatic rings. The van der Waals surface area contributed by atoms with Gasteiger partial charge in [-0.3, -0.25) is 0 Å². The first-order valence-corrected chi connectivity index (χ1v) is 7.76. The number of alkyl carbamates (subject to hydrolysis) is 1. The molecule has 0 spiro atoms. The molecule has 2 atom stereocenters. The number of ether oxygens (including phenoxy) is 2. The third-order valence-electron chi connectivity index (χ3n) is 3.64. The number of halogens is 2. The summed E-state index contributed by atoms with van der Waals surface area (Å²) in [6.07, 6.45) is -4.40. The molecule has 0 bridgehead atoms. The van der Waals surface area contributed by atoms with Crippen LogP contribution in [0.2, 0.25) is 0 Å². The van der Waals surface area contributed by atoms with Crippen molar-refractivity contribution in [3.05, 3.63) is 65.2 Å². The molecule has 1 amide bonds. The van der Waals surface area contributed by atoms with Gasteiger partial charge >= 0.3 is 6.09 Å². The van der Waals surface area contributed by atoms with Crippen LogP contribution in [-0.2, 0) is 11.3 Å². The molecule has 3 N–H and O–H groups in total. The first-order chi connectivity index (χ1) is 12.4. The lowest BCUT2D eigenvalue weighted by molar-refractivity contribution is 0.0140. The molecule has 2 aromatic carbocycles. The lowest BCUT2D eigenvalue weighted by atomic mass is 10.0. The van der Waals surface area contributed by atoms with E-state index in [0.29, 0.717) is 0 Å². The zero-order chi connectivity index (χ0) is 19.1. The molecule has 0 saturated heterocycles. The molecule has 26 heavy (non-hydrogen) atoms. The molecule has 0 aliphatic carbocycles. The Morgan fingerprint density at radius 1 is 1.15 bits per heavy atom. The van der Waals surface area contributed by atoms with Crippen molar-refractivity contribution in [2.45, 2.75) is 18.8 Å². The summed E-state index contributed by atoms with van der Waals surface area (Å²) in [7, 11) is 1.19. The third-order valence-corrected chi connectivity index (χ3v) is 3.64. The van der Waals surface area contributed by atoms with E-state index in [1.807, 2.05) is 6.07 Å². The summed E-state index contributed by atoms with van der Waals surface area (Å²) in [5.41, 5.74) is 0.0278. The summed E-state index contributed by atoms with van der Waals surface area (Å²) in [5.74, 6) is -2.44. The largest absolute Gasteiger partial charge is 0.494 e. The fourth-order valence-electron chi connectivity index (χ4n) is 2.24. The Labute approximate surface area is 149 Å². The van der Waals surface area contributed by atoms with Gasteiger partial charge in [0.2, 0.25) is 0 Å². The number of amides is 1. The maximum atomic E-state index is 14.1. The molecule has 8 heteroatoms. The van der Waals surface area contributed by atoms with Crippen LogP contribution >= 0.6 is 0 Å². The van der Waals surface area contributed by atoms with Gasteiger partial charge in [0.1, 0.15) is 24.6 Å². The molecule has 0 aliphatic heterocycles. The number of carbonyl (C=O) groups excluding carboxylic acids is 1. The van der Waals surface area contributed by atoms with Gasteiger partial charge in [0, 0.05) is 6.54 Å². The molecule has 0 saturated carbocycles. The minimum Gasteiger partial charge on any atom is -0.494 e. The van der Waals surface area contributed by atoms with Crippen molar-refractivity contribution in [1.29, 1.82) is 0 Å². The predicted octanol–water partition coefficient (Wildman–Crippen LogP) is 2.29. The second-order valence-corrected chi connectivity index (χ2v) is 5.43. The zero-order valence-corrected chi connectivity index (χ0v) is 14.0. The summed E-state index contributed by atoms with van der Waals surface area (Å²) < 4.78 is 37.6. The lowest BCUT2D eigenvalue weighted by Crippen LogP contribution is -2.36. The van der Waals surface area contributed by atoms with Gasteiger partial charge in [0.15, 0.2) is 11.6 Å². The van der Waals surface area contributed by atoms with E-state index in [2.05, 4.69) is 5.32 Å². The number of nitrogens with one attached hydrogen (secondary N) is 1. The van der Waals surface area contributed by atoms with Gasteiger partial charge in [-0.25, -0.2) is 13.6 Å². The number of rotatable bonds is 7. The highest BCUT2D eigenvalue weighted by Gasteiger charge is 2.27. The van der Waals surface area contributed by atoms with Crippen molar-refractivity contribution in [2.75, 3.05) is 13.7 Å². The predicted molar refractivity (Wildman–Crippen MR) is 88.5 cm³/mol. The van der Waals surface area contributed by atoms with E-state index in [1.54, 1.807) is 24.3 Å². The van der Waals surface area contributed by atoms with Crippen LogP contribution in [0, 0.1) is 11.6 Å². The van der Waals surface area contributed by atoms with E-state index >= 15 is 0 Å². The van der Waals surface area contributed by atoms with E-state index in [1.165, 1.54) is 7.11 Å². The van der Waals surface area contributed by atoms with Gasteiger partial charge in [-0.05, 0) is 17.7 Å². The van der Waals surface area contributed by atoms with Crippen LogP contribution in [-0.4, -0.2) is 36.1 Å². The normalized spacial score (nSPS) is 13.0. The van der Waals surface area contributed by atoms with Gasteiger partial charge in [-0.2, -0.15) is 0 Å². The van der Waals surface area contributed by atoms with Crippen LogP contribution < -0.4 is 10.1 Å². The topological polar surface area (TPSA) is 88.0 Å². The molecular weight excluding hydrogens is 348 g/mol. The van der Waals surface area contributed by atoms with Crippen LogP contribution in [0.1, 0.15) is 17.2 Å². The molecular formula is C18H19F2NO5. The molecule has 0 heterocycles. The maximum Gasteiger partial charge on any atom is 0.407 e. The molecule has 0 aromatic heterocycles. The number of aliphatic hydroxyl groups is 2. The third kappa shape index (κ3) is 4.90. The number of benzene rings is 2. The highest BCUT2D eigenvalue weighted by atomic mass is 19.1. The molecule has 6 nitrogen and oxygen atoms in total. The van der Waals surface area contributed by atoms with Gasteiger partial charge in [-0.15, -0.1) is 0 Å². The quantitative estimate of drug-likeness (QED) is 0.699. The minimum atomic E-state index is -1.90. The summed E-state index contributed by atoms with van der Waals surface area (Å²) in [4.78, 5) is 11.6. The molecule has 2 aromatic rings. The summed E-state index contributed by atoms with van der Waals surface area (Å²) in [5, 5.41) is 22.2. The summed E-state index contributed by atoms with van der Waals surface area (Å²) in [6.45, 7) is -0.449. The Bertz CT molecular complexity index is 742. The van der Waals surface area contributed by atoms with E-state index in [4.69, 9.17) is 9.47 Å². The van der Waals surface area contributed by atoms with Crippen LogP contribution in [0.5, 0.6) is 5.75 Å². The zero-order valence-electron chi connectivity index (χ0n) is 14.0.